The van der Waals surface area contributed by atoms with Crippen LogP contribution in [0, 0.1) is 5.92 Å². The maximum Gasteiger partial charge on any atom is 0.246 e. The van der Waals surface area contributed by atoms with Gasteiger partial charge in [0.1, 0.15) is 17.8 Å². The lowest BCUT2D eigenvalue weighted by Crippen LogP contribution is -2.49. The molecule has 0 radical (unpaired) electrons. The normalized spacial score (nSPS) is 23.8. The van der Waals surface area contributed by atoms with Crippen LogP contribution in [0.3, 0.4) is 0 Å². The Kier molecular flexibility index (Phi) is 11.3. The van der Waals surface area contributed by atoms with Crippen molar-refractivity contribution >= 4 is 35.4 Å². The summed E-state index contributed by atoms with van der Waals surface area (Å²) in [6.45, 7) is 0.955. The number of carbonyl (C=O) groups is 6. The molecule has 2 aromatic rings. The van der Waals surface area contributed by atoms with Gasteiger partial charge in [0.2, 0.25) is 35.4 Å². The molecule has 6 N–H and O–H groups in total. The molecule has 0 aliphatic carbocycles. The van der Waals surface area contributed by atoms with E-state index in [1.807, 2.05) is 0 Å². The van der Waals surface area contributed by atoms with Crippen LogP contribution >= 0.6 is 0 Å². The Morgan fingerprint density at radius 2 is 1.73 bits per heavy atom. The molecular formula is C31H38N6O7. The van der Waals surface area contributed by atoms with E-state index in [1.165, 1.54) is 12.3 Å². The molecule has 4 rings (SSSR count). The van der Waals surface area contributed by atoms with E-state index < -0.39 is 35.7 Å². The molecule has 3 atom stereocenters. The fourth-order valence-corrected chi connectivity index (χ4v) is 5.35. The Hall–Kier alpha value is -4.94. The van der Waals surface area contributed by atoms with E-state index in [-0.39, 0.29) is 56.5 Å². The summed E-state index contributed by atoms with van der Waals surface area (Å²) in [7, 11) is 0. The summed E-state index contributed by atoms with van der Waals surface area (Å²) < 4.78 is 5.43. The second-order valence-electron chi connectivity index (χ2n) is 11.0. The van der Waals surface area contributed by atoms with E-state index in [9.17, 15) is 28.8 Å². The molecule has 1 aromatic carbocycles. The van der Waals surface area contributed by atoms with Gasteiger partial charge in [0, 0.05) is 51.2 Å². The van der Waals surface area contributed by atoms with Gasteiger partial charge >= 0.3 is 0 Å². The maximum absolute atomic E-state index is 13.4. The minimum atomic E-state index is -1.03. The summed E-state index contributed by atoms with van der Waals surface area (Å²) in [5.74, 6) is -2.47. The van der Waals surface area contributed by atoms with Crippen LogP contribution in [0.15, 0.2) is 59.2 Å². The lowest BCUT2D eigenvalue weighted by atomic mass is 9.94. The lowest BCUT2D eigenvalue weighted by molar-refractivity contribution is -0.131. The summed E-state index contributed by atoms with van der Waals surface area (Å²) in [4.78, 5) is 78.0. The molecule has 3 heterocycles. The van der Waals surface area contributed by atoms with Crippen LogP contribution in [-0.2, 0) is 48.2 Å². The molecule has 13 nitrogen and oxygen atoms in total. The Morgan fingerprint density at radius 3 is 2.48 bits per heavy atom. The van der Waals surface area contributed by atoms with Crippen molar-refractivity contribution in [3.63, 3.8) is 0 Å². The van der Waals surface area contributed by atoms with Crippen LogP contribution < -0.4 is 27.0 Å². The third kappa shape index (κ3) is 9.54. The molecule has 2 aliphatic heterocycles. The largest absolute Gasteiger partial charge is 0.469 e. The van der Waals surface area contributed by atoms with Crippen LogP contribution in [0.4, 0.5) is 0 Å². The first-order valence-electron chi connectivity index (χ1n) is 14.7. The highest BCUT2D eigenvalue weighted by Crippen LogP contribution is 2.20. The number of fused-ring (bicyclic) bond motifs is 3. The predicted octanol–water partition coefficient (Wildman–Crippen LogP) is -0.159. The third-order valence-electron chi connectivity index (χ3n) is 7.65. The van der Waals surface area contributed by atoms with Crippen LogP contribution in [0.2, 0.25) is 0 Å². The number of benzene rings is 1. The fourth-order valence-electron chi connectivity index (χ4n) is 5.35. The van der Waals surface area contributed by atoms with Crippen molar-refractivity contribution in [3.05, 3.63) is 71.7 Å². The van der Waals surface area contributed by atoms with Crippen molar-refractivity contribution in [1.29, 1.82) is 0 Å². The molecule has 1 saturated heterocycles. The van der Waals surface area contributed by atoms with Crippen molar-refractivity contribution in [2.75, 3.05) is 19.6 Å². The zero-order valence-electron chi connectivity index (χ0n) is 24.4. The van der Waals surface area contributed by atoms with Gasteiger partial charge in [-0.1, -0.05) is 24.3 Å². The Bertz CT molecular complexity index is 1390. The first kappa shape index (κ1) is 32.0. The molecule has 2 aliphatic rings. The summed E-state index contributed by atoms with van der Waals surface area (Å²) >= 11 is 0. The predicted molar refractivity (Wildman–Crippen MR) is 158 cm³/mol. The SMILES string of the molecule is NC(=O)[C@@H]1CCNC(=O)/C=C\C(=O)N2CCC[C@H](CC(=O)N[C@@H](Cc3ccco3)C(=O)NCc3ccccc3CC(=O)N1)C2. The number of carbonyl (C=O) groups excluding carboxylic acids is 6. The first-order chi connectivity index (χ1) is 21.2. The standard InChI is InChI=1S/C31H38N6O7/c32-30(42)24-11-12-33-26(38)9-10-29(41)37-13-3-5-20(19-37)15-27(39)36-25(17-23-8-4-14-44-23)31(43)34-18-22-7-2-1-6-21(22)16-28(40)35-24/h1-2,4,6-10,14,20,24-25H,3,5,11-13,15-19H2,(H2,32,42)(H,33,38)(H,34,43)(H,35,40)(H,36,39)/b10-9-/t20-,24+,25+/m1/s1. The zero-order valence-corrected chi connectivity index (χ0v) is 24.4. The zero-order chi connectivity index (χ0) is 31.5. The average Bonchev–Trinajstić information content (AvgIpc) is 3.51. The molecule has 0 unspecified atom stereocenters. The van der Waals surface area contributed by atoms with E-state index in [1.54, 1.807) is 41.3 Å². The second-order valence-corrected chi connectivity index (χ2v) is 11.0. The van der Waals surface area contributed by atoms with Gasteiger partial charge in [-0.15, -0.1) is 0 Å². The van der Waals surface area contributed by atoms with Crippen LogP contribution in [0.1, 0.15) is 42.6 Å². The highest BCUT2D eigenvalue weighted by Gasteiger charge is 2.28. The van der Waals surface area contributed by atoms with Gasteiger partial charge in [-0.05, 0) is 48.4 Å². The molecule has 44 heavy (non-hydrogen) atoms. The average molecular weight is 607 g/mol. The topological polar surface area (TPSA) is 193 Å². The molecule has 0 spiro atoms. The minimum Gasteiger partial charge on any atom is -0.469 e. The number of furan rings is 1. The lowest BCUT2D eigenvalue weighted by Gasteiger charge is -2.32. The number of hydrogen-bond acceptors (Lipinski definition) is 7. The van der Waals surface area contributed by atoms with E-state index in [0.29, 0.717) is 36.4 Å². The Morgan fingerprint density at radius 1 is 0.932 bits per heavy atom. The molecular weight excluding hydrogens is 568 g/mol. The van der Waals surface area contributed by atoms with Crippen molar-refractivity contribution < 1.29 is 33.2 Å². The Balaban J connectivity index is 1.55. The number of nitrogens with two attached hydrogens (primary N) is 1. The highest BCUT2D eigenvalue weighted by atomic mass is 16.3. The molecule has 2 bridgehead atoms. The van der Waals surface area contributed by atoms with E-state index in [4.69, 9.17) is 10.2 Å². The number of hydrogen-bond donors (Lipinski definition) is 5. The fraction of sp³-hybridized carbons (Fsp3) is 0.419. The maximum atomic E-state index is 13.4. The number of amides is 6. The smallest absolute Gasteiger partial charge is 0.246 e. The van der Waals surface area contributed by atoms with Gasteiger partial charge < -0.3 is 36.3 Å². The van der Waals surface area contributed by atoms with Crippen molar-refractivity contribution in [2.24, 2.45) is 11.7 Å². The van der Waals surface area contributed by atoms with Gasteiger partial charge in [0.25, 0.3) is 0 Å². The van der Waals surface area contributed by atoms with Gasteiger partial charge in [-0.25, -0.2) is 0 Å². The summed E-state index contributed by atoms with van der Waals surface area (Å²) in [5, 5.41) is 10.9. The summed E-state index contributed by atoms with van der Waals surface area (Å²) in [6.07, 6.45) is 5.42. The van der Waals surface area contributed by atoms with Gasteiger partial charge in [0.15, 0.2) is 0 Å². The molecule has 6 amide bonds. The van der Waals surface area contributed by atoms with E-state index in [2.05, 4.69) is 21.3 Å². The van der Waals surface area contributed by atoms with Gasteiger partial charge in [-0.2, -0.15) is 0 Å². The molecule has 1 fully saturated rings. The highest BCUT2D eigenvalue weighted by molar-refractivity contribution is 5.97. The minimum absolute atomic E-state index is 0.0357. The Labute approximate surface area is 255 Å². The number of piperidine rings is 1. The molecule has 13 heteroatoms. The van der Waals surface area contributed by atoms with Crippen LogP contribution in [-0.4, -0.2) is 72.1 Å². The summed E-state index contributed by atoms with van der Waals surface area (Å²) in [6, 6.07) is 8.51. The molecule has 0 saturated carbocycles. The van der Waals surface area contributed by atoms with E-state index >= 15 is 0 Å². The van der Waals surface area contributed by atoms with Gasteiger partial charge in [-0.3, -0.25) is 28.8 Å². The van der Waals surface area contributed by atoms with Gasteiger partial charge in [0.05, 0.1) is 12.7 Å². The monoisotopic (exact) mass is 606 g/mol. The van der Waals surface area contributed by atoms with Crippen molar-refractivity contribution in [1.82, 2.24) is 26.2 Å². The van der Waals surface area contributed by atoms with Crippen LogP contribution in [0.25, 0.3) is 0 Å². The van der Waals surface area contributed by atoms with E-state index in [0.717, 1.165) is 12.5 Å². The quantitative estimate of drug-likeness (QED) is 0.320. The number of rotatable bonds is 3. The second kappa shape index (κ2) is 15.5. The molecule has 1 aromatic heterocycles. The molecule has 234 valence electrons. The number of primary amides is 1. The van der Waals surface area contributed by atoms with Crippen molar-refractivity contribution in [2.45, 2.75) is 57.2 Å². The van der Waals surface area contributed by atoms with Crippen molar-refractivity contribution in [3.8, 4) is 0 Å². The summed E-state index contributed by atoms with van der Waals surface area (Å²) in [5.41, 5.74) is 6.80. The third-order valence-corrected chi connectivity index (χ3v) is 7.65. The first-order valence-corrected chi connectivity index (χ1v) is 14.7. The van der Waals surface area contributed by atoms with Crippen LogP contribution in [0.5, 0.6) is 0 Å². The number of nitrogens with one attached hydrogen (secondary N) is 4. The number of nitrogens with zero attached hydrogens (tertiary/aromatic N) is 1.